The molecular formula is C16H31F3N2O6. The second-order valence-electron chi connectivity index (χ2n) is 7.01. The molecule has 0 unspecified atom stereocenters. The molecule has 2 rings (SSSR count). The molecule has 162 valence electrons. The molecule has 2 fully saturated rings. The zero-order valence-corrected chi connectivity index (χ0v) is 15.3. The smallest absolute Gasteiger partial charge is 0.395 e. The fourth-order valence-electron chi connectivity index (χ4n) is 3.39. The van der Waals surface area contributed by atoms with E-state index in [4.69, 9.17) is 15.3 Å². The molecule has 0 spiro atoms. The lowest BCUT2D eigenvalue weighted by Gasteiger charge is -2.24. The predicted octanol–water partition coefficient (Wildman–Crippen LogP) is -1.87. The number of likely N-dealkylation sites (tertiary alicyclic amines) is 2. The van der Waals surface area contributed by atoms with Gasteiger partial charge >= 0.3 is 6.18 Å². The summed E-state index contributed by atoms with van der Waals surface area (Å²) < 4.78 is 36.0. The van der Waals surface area contributed by atoms with E-state index in [2.05, 4.69) is 6.92 Å². The van der Waals surface area contributed by atoms with Crippen LogP contribution in [0, 0.1) is 0 Å². The van der Waals surface area contributed by atoms with Gasteiger partial charge in [0.1, 0.15) is 0 Å². The number of rotatable bonds is 6. The van der Waals surface area contributed by atoms with E-state index in [1.165, 1.54) is 0 Å². The first kappa shape index (κ1) is 24.5. The number of aliphatic hydroxyl groups is 6. The van der Waals surface area contributed by atoms with Gasteiger partial charge in [0.25, 0.3) is 0 Å². The van der Waals surface area contributed by atoms with Crippen molar-refractivity contribution in [2.45, 2.75) is 62.4 Å². The minimum Gasteiger partial charge on any atom is -0.395 e. The van der Waals surface area contributed by atoms with E-state index in [1.807, 2.05) is 4.90 Å². The molecule has 8 nitrogen and oxygen atoms in total. The second kappa shape index (κ2) is 10.9. The molecule has 2 saturated heterocycles. The van der Waals surface area contributed by atoms with Crippen molar-refractivity contribution < 1.29 is 43.8 Å². The maximum Gasteiger partial charge on any atom is 0.401 e. The lowest BCUT2D eigenvalue weighted by Crippen LogP contribution is -2.43. The van der Waals surface area contributed by atoms with Crippen LogP contribution in [0.15, 0.2) is 0 Å². The van der Waals surface area contributed by atoms with Gasteiger partial charge in [-0.25, -0.2) is 0 Å². The van der Waals surface area contributed by atoms with Crippen LogP contribution in [-0.4, -0.2) is 123 Å². The van der Waals surface area contributed by atoms with Gasteiger partial charge in [0.05, 0.1) is 56.3 Å². The van der Waals surface area contributed by atoms with Crippen molar-refractivity contribution in [3.05, 3.63) is 0 Å². The van der Waals surface area contributed by atoms with Crippen LogP contribution >= 0.6 is 0 Å². The maximum absolute atomic E-state index is 12.0. The van der Waals surface area contributed by atoms with E-state index in [9.17, 15) is 28.5 Å². The van der Waals surface area contributed by atoms with Crippen LogP contribution in [0.5, 0.6) is 0 Å². The molecule has 27 heavy (non-hydrogen) atoms. The summed E-state index contributed by atoms with van der Waals surface area (Å²) in [5.41, 5.74) is 0. The zero-order valence-electron chi connectivity index (χ0n) is 15.3. The molecule has 2 aliphatic rings. The minimum absolute atomic E-state index is 0.0814. The first-order valence-electron chi connectivity index (χ1n) is 9.04. The van der Waals surface area contributed by atoms with Crippen LogP contribution < -0.4 is 0 Å². The molecule has 6 N–H and O–H groups in total. The van der Waals surface area contributed by atoms with Gasteiger partial charge in [-0.05, 0) is 13.0 Å². The quantitative estimate of drug-likeness (QED) is 0.304. The Morgan fingerprint density at radius 3 is 1.70 bits per heavy atom. The van der Waals surface area contributed by atoms with Crippen LogP contribution in [0.2, 0.25) is 0 Å². The minimum atomic E-state index is -4.39. The Morgan fingerprint density at radius 1 is 0.852 bits per heavy atom. The number of alkyl halides is 3. The van der Waals surface area contributed by atoms with Crippen LogP contribution in [0.3, 0.4) is 0 Å². The molecule has 0 aromatic carbocycles. The van der Waals surface area contributed by atoms with Gasteiger partial charge in [-0.1, -0.05) is 13.3 Å². The van der Waals surface area contributed by atoms with Crippen LogP contribution in [0.1, 0.15) is 19.8 Å². The van der Waals surface area contributed by atoms with E-state index >= 15 is 0 Å². The summed E-state index contributed by atoms with van der Waals surface area (Å²) in [6.07, 6.45) is -6.30. The monoisotopic (exact) mass is 404 g/mol. The van der Waals surface area contributed by atoms with Gasteiger partial charge in [0, 0.05) is 13.1 Å². The van der Waals surface area contributed by atoms with E-state index in [0.717, 1.165) is 24.3 Å². The Labute approximate surface area is 156 Å². The standard InChI is InChI=1S/C9H19NO3.C7H12F3NO3/c1-2-3-4-10-5-8(12)9(13)7(10)6-11;8-7(9,10)3-11-1-5(13)6(14)4(11)2-12/h7-9,11-13H,2-6H2,1H3;4-6,12-14H,1-3H2/t7-,8-,9-;4-,5-,6-/m00/s1. The third kappa shape index (κ3) is 7.09. The highest BCUT2D eigenvalue weighted by Crippen LogP contribution is 2.24. The SMILES string of the molecule is CCCCN1C[C@H](O)[C@@H](O)[C@@H]1CO.OC[C@H]1[C@H](O)[C@@H](O)CN1CC(F)(F)F. The summed E-state index contributed by atoms with van der Waals surface area (Å²) in [6, 6.07) is -1.31. The third-order valence-electron chi connectivity index (χ3n) is 4.91. The van der Waals surface area contributed by atoms with Crippen LogP contribution in [0.25, 0.3) is 0 Å². The van der Waals surface area contributed by atoms with E-state index in [0.29, 0.717) is 6.54 Å². The lowest BCUT2D eigenvalue weighted by molar-refractivity contribution is -0.150. The summed E-state index contributed by atoms with van der Waals surface area (Å²) in [4.78, 5) is 2.79. The average molecular weight is 404 g/mol. The van der Waals surface area contributed by atoms with Crippen molar-refractivity contribution in [1.29, 1.82) is 0 Å². The van der Waals surface area contributed by atoms with Gasteiger partial charge in [0.15, 0.2) is 0 Å². The molecule has 0 saturated carbocycles. The Balaban J connectivity index is 0.000000271. The van der Waals surface area contributed by atoms with Crippen LogP contribution in [-0.2, 0) is 0 Å². The lowest BCUT2D eigenvalue weighted by atomic mass is 10.1. The highest BCUT2D eigenvalue weighted by Gasteiger charge is 2.44. The highest BCUT2D eigenvalue weighted by molar-refractivity contribution is 4.94. The number of hydrogen-bond donors (Lipinski definition) is 6. The van der Waals surface area contributed by atoms with E-state index < -0.39 is 49.8 Å². The van der Waals surface area contributed by atoms with Gasteiger partial charge in [-0.15, -0.1) is 0 Å². The number of unbranched alkanes of at least 4 members (excludes halogenated alkanes) is 1. The number of nitrogens with zero attached hydrogens (tertiary/aromatic N) is 2. The second-order valence-corrected chi connectivity index (χ2v) is 7.01. The average Bonchev–Trinajstić information content (AvgIpc) is 3.00. The number of halogens is 3. The molecule has 0 aromatic rings. The first-order valence-corrected chi connectivity index (χ1v) is 9.04. The molecule has 0 aliphatic carbocycles. The van der Waals surface area contributed by atoms with Gasteiger partial charge < -0.3 is 30.6 Å². The maximum atomic E-state index is 12.0. The molecule has 11 heteroatoms. The molecule has 2 heterocycles. The van der Waals surface area contributed by atoms with Crippen molar-refractivity contribution in [1.82, 2.24) is 9.80 Å². The van der Waals surface area contributed by atoms with Gasteiger partial charge in [-0.2, -0.15) is 13.2 Å². The van der Waals surface area contributed by atoms with Crippen molar-refractivity contribution in [3.63, 3.8) is 0 Å². The van der Waals surface area contributed by atoms with E-state index in [1.54, 1.807) is 0 Å². The van der Waals surface area contributed by atoms with Crippen molar-refractivity contribution in [3.8, 4) is 0 Å². The Kier molecular flexibility index (Phi) is 9.86. The normalized spacial score (nSPS) is 35.3. The Hall–Kier alpha value is -0.530. The highest BCUT2D eigenvalue weighted by atomic mass is 19.4. The summed E-state index contributed by atoms with van der Waals surface area (Å²) >= 11 is 0. The van der Waals surface area contributed by atoms with Crippen molar-refractivity contribution in [2.75, 3.05) is 39.4 Å². The summed E-state index contributed by atoms with van der Waals surface area (Å²) in [5, 5.41) is 54.9. The van der Waals surface area contributed by atoms with Crippen molar-refractivity contribution >= 4 is 0 Å². The Bertz CT molecular complexity index is 431. The molecular weight excluding hydrogens is 373 g/mol. The molecule has 0 aromatic heterocycles. The topological polar surface area (TPSA) is 128 Å². The summed E-state index contributed by atoms with van der Waals surface area (Å²) in [7, 11) is 0. The molecule has 0 radical (unpaired) electrons. The number of hydrogen-bond acceptors (Lipinski definition) is 8. The van der Waals surface area contributed by atoms with E-state index in [-0.39, 0.29) is 19.2 Å². The molecule has 2 aliphatic heterocycles. The Morgan fingerprint density at radius 2 is 1.30 bits per heavy atom. The van der Waals surface area contributed by atoms with Crippen molar-refractivity contribution in [2.24, 2.45) is 0 Å². The van der Waals surface area contributed by atoms with Crippen LogP contribution in [0.4, 0.5) is 13.2 Å². The van der Waals surface area contributed by atoms with Gasteiger partial charge in [-0.3, -0.25) is 9.80 Å². The summed E-state index contributed by atoms with van der Waals surface area (Å²) in [6.45, 7) is 1.23. The number of aliphatic hydroxyl groups excluding tert-OH is 6. The fourth-order valence-corrected chi connectivity index (χ4v) is 3.39. The first-order chi connectivity index (χ1) is 12.6. The zero-order chi connectivity index (χ0) is 20.8. The third-order valence-corrected chi connectivity index (χ3v) is 4.91. The fraction of sp³-hybridized carbons (Fsp3) is 1.00. The summed E-state index contributed by atoms with van der Waals surface area (Å²) in [5.74, 6) is 0. The van der Waals surface area contributed by atoms with Gasteiger partial charge in [0.2, 0.25) is 0 Å². The predicted molar refractivity (Wildman–Crippen MR) is 89.9 cm³/mol. The molecule has 0 bridgehead atoms. The molecule has 0 amide bonds. The number of β-amino-alcohol motifs (C(OH)–C–C–N with tert-alkyl or cyclic N) is 2. The molecule has 6 atom stereocenters. The largest absolute Gasteiger partial charge is 0.401 e.